The van der Waals surface area contributed by atoms with Crippen molar-refractivity contribution in [2.45, 2.75) is 107 Å². The van der Waals surface area contributed by atoms with Crippen molar-refractivity contribution in [3.8, 4) is 0 Å². The molecule has 7 rings (SSSR count). The molecule has 0 bridgehead atoms. The molecule has 18 heteroatoms. The van der Waals surface area contributed by atoms with Gasteiger partial charge in [-0.25, -0.2) is 9.59 Å². The fraction of sp³-hybridized carbons (Fsp3) is 0.605. The third-order valence-electron chi connectivity index (χ3n) is 12.8. The largest absolute Gasteiger partial charge is 0.464 e. The number of benzene rings is 2. The summed E-state index contributed by atoms with van der Waals surface area (Å²) in [6.45, 7) is 3.79. The molecule has 0 aliphatic carbocycles. The van der Waals surface area contributed by atoms with Gasteiger partial charge in [-0.05, 0) is 100 Å². The lowest BCUT2D eigenvalue weighted by Crippen LogP contribution is -2.53. The van der Waals surface area contributed by atoms with Crippen molar-refractivity contribution in [3.05, 3.63) is 58.1 Å². The molecule has 5 aliphatic rings. The number of amides is 5. The first kappa shape index (κ1) is 44.3. The first-order chi connectivity index (χ1) is 29.3. The van der Waals surface area contributed by atoms with Gasteiger partial charge >= 0.3 is 24.3 Å². The molecule has 0 radical (unpaired) electrons. The zero-order chi connectivity index (χ0) is 43.3. The van der Waals surface area contributed by atoms with Gasteiger partial charge in [0.15, 0.2) is 6.10 Å². The molecule has 5 heterocycles. The van der Waals surface area contributed by atoms with Gasteiger partial charge in [-0.3, -0.25) is 19.3 Å². The van der Waals surface area contributed by atoms with Crippen LogP contribution in [0.5, 0.6) is 0 Å². The summed E-state index contributed by atoms with van der Waals surface area (Å²) in [6, 6.07) is 8.95. The number of likely N-dealkylation sites (tertiary alicyclic amines) is 4. The molecule has 3 N–H and O–H groups in total. The second-order valence-electron chi connectivity index (χ2n) is 16.7. The van der Waals surface area contributed by atoms with E-state index >= 15 is 0 Å². The Hall–Kier alpha value is -4.77. The number of halogens is 4. The number of piperidine rings is 3. The van der Waals surface area contributed by atoms with E-state index in [2.05, 4.69) is 10.2 Å². The minimum Gasteiger partial charge on any atom is -0.464 e. The summed E-state index contributed by atoms with van der Waals surface area (Å²) in [6.07, 6.45) is -0.251. The van der Waals surface area contributed by atoms with Crippen molar-refractivity contribution in [2.75, 3.05) is 70.0 Å². The molecule has 5 aliphatic heterocycles. The highest BCUT2D eigenvalue weighted by molar-refractivity contribution is 6.33. The van der Waals surface area contributed by atoms with Crippen LogP contribution in [-0.2, 0) is 42.9 Å². The van der Waals surface area contributed by atoms with Gasteiger partial charge in [0.2, 0.25) is 5.91 Å². The van der Waals surface area contributed by atoms with Crippen LogP contribution < -0.4 is 11.1 Å². The number of nitrogen functional groups attached to an aromatic ring is 1. The molecule has 2 aromatic rings. The molecule has 5 amide bonds. The van der Waals surface area contributed by atoms with Gasteiger partial charge < -0.3 is 40.1 Å². The SMILES string of the molecule is Nc1c(Cl)cc(C[C@@H](OC(=O)N2CCC(N3CCc4ccccc4NC3=O)CC2)C(=O)N2CCC(N3CCC[C@@H]3C(=O)OCCCN3CCCCC3=O)CC2)cc1C(F)(F)F. The molecule has 2 atom stereocenters. The summed E-state index contributed by atoms with van der Waals surface area (Å²) in [7, 11) is 0. The molecule has 0 saturated carbocycles. The number of esters is 1. The zero-order valence-electron chi connectivity index (χ0n) is 34.3. The third kappa shape index (κ3) is 10.6. The third-order valence-corrected chi connectivity index (χ3v) is 13.1. The number of nitrogens with two attached hydrogens (primary N) is 1. The topological polar surface area (TPSA) is 158 Å². The van der Waals surface area contributed by atoms with Crippen molar-refractivity contribution in [3.63, 3.8) is 0 Å². The monoisotopic (exact) mass is 873 g/mol. The number of nitrogens with one attached hydrogen (secondary N) is 1. The van der Waals surface area contributed by atoms with Crippen LogP contribution >= 0.6 is 11.6 Å². The van der Waals surface area contributed by atoms with Crippen molar-refractivity contribution in [2.24, 2.45) is 0 Å². The number of hydrogen-bond donors (Lipinski definition) is 2. The molecule has 61 heavy (non-hydrogen) atoms. The van der Waals surface area contributed by atoms with E-state index < -0.39 is 41.6 Å². The van der Waals surface area contributed by atoms with Crippen LogP contribution in [0.3, 0.4) is 0 Å². The molecule has 0 spiro atoms. The lowest BCUT2D eigenvalue weighted by atomic mass is 9.99. The highest BCUT2D eigenvalue weighted by Gasteiger charge is 2.41. The minimum atomic E-state index is -4.81. The highest BCUT2D eigenvalue weighted by Crippen LogP contribution is 2.38. The van der Waals surface area contributed by atoms with Crippen LogP contribution in [0.4, 0.5) is 34.1 Å². The van der Waals surface area contributed by atoms with Crippen LogP contribution in [-0.4, -0.2) is 138 Å². The van der Waals surface area contributed by atoms with Gasteiger partial charge in [0.1, 0.15) is 6.04 Å². The molecule has 0 unspecified atom stereocenters. The smallest absolute Gasteiger partial charge is 0.418 e. The van der Waals surface area contributed by atoms with Gasteiger partial charge in [-0.2, -0.15) is 13.2 Å². The normalized spacial score (nSPS) is 21.5. The molecule has 332 valence electrons. The number of nitrogens with zero attached hydrogens (tertiary/aromatic N) is 5. The molecule has 4 fully saturated rings. The predicted molar refractivity (Wildman–Crippen MR) is 221 cm³/mol. The van der Waals surface area contributed by atoms with Crippen molar-refractivity contribution >= 4 is 52.9 Å². The Balaban J connectivity index is 0.965. The molecule has 14 nitrogen and oxygen atoms in total. The number of alkyl halides is 3. The van der Waals surface area contributed by atoms with Gasteiger partial charge in [0.05, 0.1) is 22.9 Å². The van der Waals surface area contributed by atoms with Gasteiger partial charge in [0, 0.05) is 76.4 Å². The quantitative estimate of drug-likeness (QED) is 0.158. The number of urea groups is 1. The van der Waals surface area contributed by atoms with Gasteiger partial charge in [-0.1, -0.05) is 29.8 Å². The molecule has 4 saturated heterocycles. The van der Waals surface area contributed by atoms with E-state index in [-0.39, 0.29) is 79.8 Å². The summed E-state index contributed by atoms with van der Waals surface area (Å²) in [5, 5.41) is 2.65. The number of hydrogen-bond acceptors (Lipinski definition) is 9. The number of carbonyl (C=O) groups excluding carboxylic acids is 5. The predicted octanol–water partition coefficient (Wildman–Crippen LogP) is 5.94. The molecular weight excluding hydrogens is 819 g/mol. The standard InChI is InChI=1S/C43H55ClF3N7O7/c44-33-26-28(25-32(38(33)48)43(45,46)47)27-36(61-42(59)52-21-14-31(15-22-52)54-23-11-29-7-1-2-8-34(29)49-41(54)58)39(56)51-19-12-30(13-20-51)53-18-5-9-35(53)40(57)60-24-6-17-50-16-4-3-10-37(50)55/h1-2,7-8,25-26,30-31,35-36H,3-6,9-24,27,48H2,(H,49,58)/t35-,36-/m1/s1. The Morgan fingerprint density at radius 1 is 0.869 bits per heavy atom. The lowest BCUT2D eigenvalue weighted by Gasteiger charge is -2.40. The minimum absolute atomic E-state index is 0.0111. The number of rotatable bonds is 11. The van der Waals surface area contributed by atoms with E-state index in [0.29, 0.717) is 71.0 Å². The molecular formula is C43H55ClF3N7O7. The van der Waals surface area contributed by atoms with Crippen LogP contribution in [0.2, 0.25) is 5.02 Å². The average Bonchev–Trinajstić information content (AvgIpc) is 3.68. The van der Waals surface area contributed by atoms with E-state index in [4.69, 9.17) is 26.8 Å². The summed E-state index contributed by atoms with van der Waals surface area (Å²) in [5.74, 6) is -0.700. The van der Waals surface area contributed by atoms with Crippen molar-refractivity contribution in [1.29, 1.82) is 0 Å². The van der Waals surface area contributed by atoms with Crippen molar-refractivity contribution < 1.29 is 46.6 Å². The van der Waals surface area contributed by atoms with E-state index in [1.165, 1.54) is 11.0 Å². The Morgan fingerprint density at radius 3 is 2.33 bits per heavy atom. The van der Waals surface area contributed by atoms with E-state index in [1.54, 1.807) is 9.80 Å². The van der Waals surface area contributed by atoms with Crippen molar-refractivity contribution in [1.82, 2.24) is 24.5 Å². The highest BCUT2D eigenvalue weighted by atomic mass is 35.5. The van der Waals surface area contributed by atoms with Crippen LogP contribution in [0.1, 0.15) is 80.9 Å². The summed E-state index contributed by atoms with van der Waals surface area (Å²) < 4.78 is 53.4. The molecule has 0 aromatic heterocycles. The Labute approximate surface area is 358 Å². The molecule has 2 aromatic carbocycles. The Morgan fingerprint density at radius 2 is 1.59 bits per heavy atom. The first-order valence-electron chi connectivity index (χ1n) is 21.5. The second-order valence-corrected chi connectivity index (χ2v) is 17.1. The number of fused-ring (bicyclic) bond motifs is 1. The van der Waals surface area contributed by atoms with Crippen LogP contribution in [0, 0.1) is 0 Å². The number of carbonyl (C=O) groups is 5. The van der Waals surface area contributed by atoms with Gasteiger partial charge in [0.25, 0.3) is 5.91 Å². The lowest BCUT2D eigenvalue weighted by molar-refractivity contribution is -0.151. The number of ether oxygens (including phenoxy) is 2. The second kappa shape index (κ2) is 19.5. The Bertz CT molecular complexity index is 1940. The summed E-state index contributed by atoms with van der Waals surface area (Å²) in [5.41, 5.74) is 5.75. The summed E-state index contributed by atoms with van der Waals surface area (Å²) in [4.78, 5) is 75.3. The van der Waals surface area contributed by atoms with E-state index in [1.807, 2.05) is 29.2 Å². The van der Waals surface area contributed by atoms with Gasteiger partial charge in [-0.15, -0.1) is 0 Å². The zero-order valence-corrected chi connectivity index (χ0v) is 35.1. The Kier molecular flexibility index (Phi) is 14.2. The number of anilines is 2. The van der Waals surface area contributed by atoms with Crippen LogP contribution in [0.25, 0.3) is 0 Å². The first-order valence-corrected chi connectivity index (χ1v) is 21.9. The maximum Gasteiger partial charge on any atom is 0.418 e. The van der Waals surface area contributed by atoms with E-state index in [0.717, 1.165) is 43.1 Å². The fourth-order valence-electron chi connectivity index (χ4n) is 9.44. The van der Waals surface area contributed by atoms with E-state index in [9.17, 15) is 37.1 Å². The summed E-state index contributed by atoms with van der Waals surface area (Å²) >= 11 is 6.15. The number of para-hydroxylation sites is 1. The average molecular weight is 874 g/mol. The van der Waals surface area contributed by atoms with Crippen LogP contribution in [0.15, 0.2) is 36.4 Å². The maximum atomic E-state index is 14.2. The maximum absolute atomic E-state index is 14.2. The fourth-order valence-corrected chi connectivity index (χ4v) is 9.68.